The number of aryl methyl sites for hydroxylation is 1. The van der Waals surface area contributed by atoms with Crippen molar-refractivity contribution in [3.05, 3.63) is 41.6 Å². The summed E-state index contributed by atoms with van der Waals surface area (Å²) in [4.78, 5) is 11.9. The number of nitrogens with one attached hydrogen (secondary N) is 2. The number of benzene rings is 1. The molecule has 0 saturated carbocycles. The van der Waals surface area contributed by atoms with Crippen LogP contribution in [-0.2, 0) is 0 Å². The van der Waals surface area contributed by atoms with E-state index in [4.69, 9.17) is 5.73 Å². The quantitative estimate of drug-likeness (QED) is 0.792. The Morgan fingerprint density at radius 3 is 2.67 bits per heavy atom. The number of halogens is 1. The van der Waals surface area contributed by atoms with Gasteiger partial charge in [-0.2, -0.15) is 5.10 Å². The molecule has 21 heavy (non-hydrogen) atoms. The molecular formula is C15H21ClN4O. The van der Waals surface area contributed by atoms with Gasteiger partial charge in [-0.05, 0) is 26.3 Å². The predicted molar refractivity (Wildman–Crippen MR) is 86.6 cm³/mol. The molecule has 1 aromatic heterocycles. The molecule has 0 aliphatic heterocycles. The third-order valence-electron chi connectivity index (χ3n) is 3.06. The van der Waals surface area contributed by atoms with E-state index in [1.54, 1.807) is 6.07 Å². The van der Waals surface area contributed by atoms with Crippen LogP contribution in [0.4, 0.5) is 0 Å². The smallest absolute Gasteiger partial charge is 0.269 e. The Kier molecular flexibility index (Phi) is 6.39. The van der Waals surface area contributed by atoms with E-state index in [-0.39, 0.29) is 24.4 Å². The van der Waals surface area contributed by atoms with Gasteiger partial charge in [-0.25, -0.2) is 0 Å². The van der Waals surface area contributed by atoms with Crippen LogP contribution in [0.25, 0.3) is 11.3 Å². The van der Waals surface area contributed by atoms with Gasteiger partial charge in [-0.15, -0.1) is 12.4 Å². The summed E-state index contributed by atoms with van der Waals surface area (Å²) in [5, 5.41) is 9.75. The Morgan fingerprint density at radius 2 is 2.05 bits per heavy atom. The number of hydrogen-bond acceptors (Lipinski definition) is 3. The maximum atomic E-state index is 11.9. The fraction of sp³-hybridized carbons (Fsp3) is 0.333. The summed E-state index contributed by atoms with van der Waals surface area (Å²) in [6, 6.07) is 9.86. The lowest BCUT2D eigenvalue weighted by Crippen LogP contribution is -2.29. The molecule has 6 heteroatoms. The van der Waals surface area contributed by atoms with E-state index in [9.17, 15) is 4.79 Å². The van der Waals surface area contributed by atoms with Gasteiger partial charge in [0.2, 0.25) is 0 Å². The molecule has 0 spiro atoms. The van der Waals surface area contributed by atoms with Crippen molar-refractivity contribution in [2.24, 2.45) is 5.73 Å². The zero-order valence-corrected chi connectivity index (χ0v) is 13.0. The number of aromatic nitrogens is 2. The molecule has 1 aromatic carbocycles. The SMILES string of the molecule is Cc1ccc(-c2cc(C(=O)NCCC(C)N)[nH]n2)cc1.Cl. The number of aromatic amines is 1. The van der Waals surface area contributed by atoms with Crippen LogP contribution in [-0.4, -0.2) is 28.7 Å². The van der Waals surface area contributed by atoms with Gasteiger partial charge < -0.3 is 11.1 Å². The van der Waals surface area contributed by atoms with Gasteiger partial charge in [0.15, 0.2) is 0 Å². The van der Waals surface area contributed by atoms with E-state index in [0.717, 1.165) is 17.7 Å². The lowest BCUT2D eigenvalue weighted by Gasteiger charge is -2.05. The molecule has 114 valence electrons. The lowest BCUT2D eigenvalue weighted by atomic mass is 10.1. The molecule has 0 aliphatic rings. The molecule has 0 saturated heterocycles. The van der Waals surface area contributed by atoms with Gasteiger partial charge in [0.25, 0.3) is 5.91 Å². The van der Waals surface area contributed by atoms with Crippen LogP contribution in [0.1, 0.15) is 29.4 Å². The first kappa shape index (κ1) is 17.2. The second kappa shape index (κ2) is 7.81. The standard InChI is InChI=1S/C15H20N4O.ClH/c1-10-3-5-12(6-4-10)13-9-14(19-18-13)15(20)17-8-7-11(2)16;/h3-6,9,11H,7-8,16H2,1-2H3,(H,17,20)(H,18,19);1H. The van der Waals surface area contributed by atoms with E-state index in [0.29, 0.717) is 12.2 Å². The van der Waals surface area contributed by atoms with E-state index in [1.165, 1.54) is 5.56 Å². The van der Waals surface area contributed by atoms with E-state index >= 15 is 0 Å². The van der Waals surface area contributed by atoms with Crippen molar-refractivity contribution < 1.29 is 4.79 Å². The first-order valence-corrected chi connectivity index (χ1v) is 6.72. The molecule has 1 unspecified atom stereocenters. The Morgan fingerprint density at radius 1 is 1.38 bits per heavy atom. The van der Waals surface area contributed by atoms with Crippen molar-refractivity contribution in [1.82, 2.24) is 15.5 Å². The fourth-order valence-corrected chi connectivity index (χ4v) is 1.82. The van der Waals surface area contributed by atoms with E-state index in [2.05, 4.69) is 15.5 Å². The molecule has 2 rings (SSSR count). The predicted octanol–water partition coefficient (Wildman–Crippen LogP) is 2.27. The van der Waals surface area contributed by atoms with Crippen LogP contribution < -0.4 is 11.1 Å². The highest BCUT2D eigenvalue weighted by atomic mass is 35.5. The summed E-state index contributed by atoms with van der Waals surface area (Å²) in [6.45, 7) is 4.51. The van der Waals surface area contributed by atoms with Crippen LogP contribution in [0.15, 0.2) is 30.3 Å². The Hall–Kier alpha value is -1.85. The van der Waals surface area contributed by atoms with Gasteiger partial charge in [-0.3, -0.25) is 9.89 Å². The fourth-order valence-electron chi connectivity index (χ4n) is 1.82. The average molecular weight is 309 g/mol. The van der Waals surface area contributed by atoms with Crippen molar-refractivity contribution in [2.75, 3.05) is 6.54 Å². The molecule has 0 bridgehead atoms. The first-order chi connectivity index (χ1) is 9.56. The molecule has 1 amide bonds. The van der Waals surface area contributed by atoms with Gasteiger partial charge >= 0.3 is 0 Å². The zero-order chi connectivity index (χ0) is 14.5. The summed E-state index contributed by atoms with van der Waals surface area (Å²) >= 11 is 0. The van der Waals surface area contributed by atoms with E-state index < -0.39 is 0 Å². The van der Waals surface area contributed by atoms with Crippen LogP contribution in [0.2, 0.25) is 0 Å². The van der Waals surface area contributed by atoms with Crippen molar-refractivity contribution in [3.8, 4) is 11.3 Å². The molecule has 0 fully saturated rings. The topological polar surface area (TPSA) is 83.8 Å². The Labute approximate surface area is 130 Å². The van der Waals surface area contributed by atoms with E-state index in [1.807, 2.05) is 38.1 Å². The average Bonchev–Trinajstić information content (AvgIpc) is 2.88. The normalized spacial score (nSPS) is 11.6. The molecule has 5 nitrogen and oxygen atoms in total. The Balaban J connectivity index is 0.00000220. The molecule has 1 heterocycles. The maximum Gasteiger partial charge on any atom is 0.269 e. The molecule has 1 atom stereocenters. The van der Waals surface area contributed by atoms with Gasteiger partial charge in [0, 0.05) is 18.2 Å². The van der Waals surface area contributed by atoms with Crippen LogP contribution in [0.5, 0.6) is 0 Å². The number of carbonyl (C=O) groups excluding carboxylic acids is 1. The number of rotatable bonds is 5. The summed E-state index contributed by atoms with van der Waals surface area (Å²) in [6.07, 6.45) is 0.755. The minimum Gasteiger partial charge on any atom is -0.351 e. The highest BCUT2D eigenvalue weighted by Crippen LogP contribution is 2.18. The molecule has 4 N–H and O–H groups in total. The number of nitrogens with zero attached hydrogens (tertiary/aromatic N) is 1. The second-order valence-corrected chi connectivity index (χ2v) is 5.05. The molecular weight excluding hydrogens is 288 g/mol. The lowest BCUT2D eigenvalue weighted by molar-refractivity contribution is 0.0948. The monoisotopic (exact) mass is 308 g/mol. The van der Waals surface area contributed by atoms with Crippen molar-refractivity contribution in [2.45, 2.75) is 26.3 Å². The number of carbonyl (C=O) groups is 1. The summed E-state index contributed by atoms with van der Waals surface area (Å²) in [5.41, 5.74) is 9.05. The highest BCUT2D eigenvalue weighted by molar-refractivity contribution is 5.93. The Bertz CT molecular complexity index is 578. The number of nitrogens with two attached hydrogens (primary N) is 1. The van der Waals surface area contributed by atoms with Crippen molar-refractivity contribution in [3.63, 3.8) is 0 Å². The highest BCUT2D eigenvalue weighted by Gasteiger charge is 2.10. The third-order valence-corrected chi connectivity index (χ3v) is 3.06. The van der Waals surface area contributed by atoms with Crippen molar-refractivity contribution in [1.29, 1.82) is 0 Å². The molecule has 0 radical (unpaired) electrons. The number of H-pyrrole nitrogens is 1. The largest absolute Gasteiger partial charge is 0.351 e. The van der Waals surface area contributed by atoms with Gasteiger partial charge in [-0.1, -0.05) is 29.8 Å². The van der Waals surface area contributed by atoms with Crippen LogP contribution in [0.3, 0.4) is 0 Å². The first-order valence-electron chi connectivity index (χ1n) is 6.72. The summed E-state index contributed by atoms with van der Waals surface area (Å²) in [7, 11) is 0. The molecule has 2 aromatic rings. The van der Waals surface area contributed by atoms with Crippen LogP contribution >= 0.6 is 12.4 Å². The van der Waals surface area contributed by atoms with Gasteiger partial charge in [0.1, 0.15) is 5.69 Å². The minimum absolute atomic E-state index is 0. The second-order valence-electron chi connectivity index (χ2n) is 5.05. The minimum atomic E-state index is -0.156. The summed E-state index contributed by atoms with van der Waals surface area (Å²) < 4.78 is 0. The maximum absolute atomic E-state index is 11.9. The molecule has 0 aliphatic carbocycles. The van der Waals surface area contributed by atoms with Gasteiger partial charge in [0.05, 0.1) is 5.69 Å². The number of amides is 1. The number of hydrogen-bond donors (Lipinski definition) is 3. The van der Waals surface area contributed by atoms with Crippen LogP contribution in [0, 0.1) is 6.92 Å². The third kappa shape index (κ3) is 4.88. The zero-order valence-electron chi connectivity index (χ0n) is 12.2. The summed E-state index contributed by atoms with van der Waals surface area (Å²) in [5.74, 6) is -0.156. The van der Waals surface area contributed by atoms with Crippen molar-refractivity contribution >= 4 is 18.3 Å².